The van der Waals surface area contributed by atoms with E-state index in [4.69, 9.17) is 9.47 Å². The van der Waals surface area contributed by atoms with Crippen LogP contribution in [0.3, 0.4) is 0 Å². The van der Waals surface area contributed by atoms with E-state index in [2.05, 4.69) is 33.4 Å². The first-order chi connectivity index (χ1) is 14.2. The second-order valence-corrected chi connectivity index (χ2v) is 6.81. The van der Waals surface area contributed by atoms with Gasteiger partial charge in [0.2, 0.25) is 0 Å². The molecule has 1 N–H and O–H groups in total. The first-order valence-corrected chi connectivity index (χ1v) is 9.54. The van der Waals surface area contributed by atoms with Gasteiger partial charge in [0, 0.05) is 30.1 Å². The molecule has 0 fully saturated rings. The van der Waals surface area contributed by atoms with Crippen LogP contribution in [0, 0.1) is 0 Å². The van der Waals surface area contributed by atoms with Crippen molar-refractivity contribution in [1.82, 2.24) is 4.98 Å². The Balaban J connectivity index is 1.61. The summed E-state index contributed by atoms with van der Waals surface area (Å²) in [5.41, 5.74) is 3.54. The lowest BCUT2D eigenvalue weighted by Gasteiger charge is -2.30. The molecule has 1 amide bonds. The molecule has 2 aromatic carbocycles. The highest BCUT2D eigenvalue weighted by molar-refractivity contribution is 6.05. The highest BCUT2D eigenvalue weighted by Gasteiger charge is 2.20. The van der Waals surface area contributed by atoms with Crippen LogP contribution in [0.1, 0.15) is 22.3 Å². The molecule has 4 rings (SSSR count). The monoisotopic (exact) mass is 389 g/mol. The maximum Gasteiger partial charge on any atom is 0.255 e. The van der Waals surface area contributed by atoms with E-state index in [1.54, 1.807) is 44.7 Å². The number of hydrogen-bond acceptors (Lipinski definition) is 5. The zero-order valence-corrected chi connectivity index (χ0v) is 16.5. The average molecular weight is 389 g/mol. The number of nitrogens with zero attached hydrogens (tertiary/aromatic N) is 2. The Morgan fingerprint density at radius 1 is 1.07 bits per heavy atom. The summed E-state index contributed by atoms with van der Waals surface area (Å²) >= 11 is 0. The molecule has 0 unspecified atom stereocenters. The maximum absolute atomic E-state index is 12.9. The van der Waals surface area contributed by atoms with Crippen LogP contribution in [0.5, 0.6) is 11.5 Å². The highest BCUT2D eigenvalue weighted by atomic mass is 16.5. The lowest BCUT2D eigenvalue weighted by atomic mass is 10.0. The van der Waals surface area contributed by atoms with Crippen molar-refractivity contribution in [3.8, 4) is 11.5 Å². The minimum atomic E-state index is -0.231. The number of ether oxygens (including phenoxy) is 2. The predicted molar refractivity (Wildman–Crippen MR) is 114 cm³/mol. The zero-order valence-electron chi connectivity index (χ0n) is 16.5. The number of para-hydroxylation sites is 1. The van der Waals surface area contributed by atoms with Gasteiger partial charge in [0.15, 0.2) is 0 Å². The summed E-state index contributed by atoms with van der Waals surface area (Å²) in [4.78, 5) is 19.6. The molecule has 0 saturated heterocycles. The average Bonchev–Trinajstić information content (AvgIpc) is 2.78. The molecule has 1 aliphatic rings. The summed E-state index contributed by atoms with van der Waals surface area (Å²) in [5, 5.41) is 2.91. The standard InChI is InChI=1S/C23H23N3O3/c1-28-18-9-10-21(29-2)19(15-18)25-23(27)17-11-12-24-22(14-17)26-13-5-7-16-6-3-4-8-20(16)26/h3-4,6,8-12,14-15H,5,7,13H2,1-2H3,(H,25,27). The maximum atomic E-state index is 12.9. The number of benzene rings is 2. The molecule has 2 heterocycles. The van der Waals surface area contributed by atoms with Crippen LogP contribution in [0.15, 0.2) is 60.8 Å². The number of aryl methyl sites for hydroxylation is 1. The fourth-order valence-corrected chi connectivity index (χ4v) is 3.59. The van der Waals surface area contributed by atoms with Gasteiger partial charge in [-0.05, 0) is 48.7 Å². The second-order valence-electron chi connectivity index (χ2n) is 6.81. The van der Waals surface area contributed by atoms with E-state index >= 15 is 0 Å². The third kappa shape index (κ3) is 3.87. The number of methoxy groups -OCH3 is 2. The smallest absolute Gasteiger partial charge is 0.255 e. The van der Waals surface area contributed by atoms with E-state index in [9.17, 15) is 4.79 Å². The number of hydrogen-bond donors (Lipinski definition) is 1. The Labute approximate surface area is 170 Å². The van der Waals surface area contributed by atoms with Crippen molar-refractivity contribution >= 4 is 23.1 Å². The topological polar surface area (TPSA) is 63.7 Å². The number of aromatic nitrogens is 1. The van der Waals surface area contributed by atoms with Crippen molar-refractivity contribution in [2.24, 2.45) is 0 Å². The Hall–Kier alpha value is -3.54. The van der Waals surface area contributed by atoms with E-state index in [0.29, 0.717) is 22.7 Å². The molecule has 1 aromatic heterocycles. The van der Waals surface area contributed by atoms with Gasteiger partial charge in [-0.3, -0.25) is 4.79 Å². The number of pyridine rings is 1. The largest absolute Gasteiger partial charge is 0.497 e. The fourth-order valence-electron chi connectivity index (χ4n) is 3.59. The minimum Gasteiger partial charge on any atom is -0.497 e. The SMILES string of the molecule is COc1ccc(OC)c(NC(=O)c2ccnc(N3CCCc4ccccc43)c2)c1. The third-order valence-corrected chi connectivity index (χ3v) is 5.05. The molecule has 148 valence electrons. The lowest BCUT2D eigenvalue weighted by Crippen LogP contribution is -2.25. The van der Waals surface area contributed by atoms with Crippen molar-refractivity contribution in [2.75, 3.05) is 31.0 Å². The molecule has 3 aromatic rings. The lowest BCUT2D eigenvalue weighted by molar-refractivity contribution is 0.102. The van der Waals surface area contributed by atoms with E-state index < -0.39 is 0 Å². The second kappa shape index (κ2) is 8.22. The van der Waals surface area contributed by atoms with Gasteiger partial charge in [-0.25, -0.2) is 4.98 Å². The molecular formula is C23H23N3O3. The molecule has 0 radical (unpaired) electrons. The van der Waals surface area contributed by atoms with Crippen LogP contribution in [0.25, 0.3) is 0 Å². The summed E-state index contributed by atoms with van der Waals surface area (Å²) < 4.78 is 10.6. The van der Waals surface area contributed by atoms with Crippen LogP contribution in [-0.2, 0) is 6.42 Å². The van der Waals surface area contributed by atoms with Crippen LogP contribution >= 0.6 is 0 Å². The van der Waals surface area contributed by atoms with Gasteiger partial charge in [0.1, 0.15) is 17.3 Å². The number of amides is 1. The number of anilines is 3. The summed E-state index contributed by atoms with van der Waals surface area (Å²) in [6.07, 6.45) is 3.78. The van der Waals surface area contributed by atoms with Crippen molar-refractivity contribution in [3.05, 3.63) is 71.9 Å². The summed E-state index contributed by atoms with van der Waals surface area (Å²) in [5.74, 6) is 1.74. The Morgan fingerprint density at radius 2 is 1.93 bits per heavy atom. The van der Waals surface area contributed by atoms with Crippen molar-refractivity contribution < 1.29 is 14.3 Å². The van der Waals surface area contributed by atoms with Gasteiger partial charge in [-0.15, -0.1) is 0 Å². The minimum absolute atomic E-state index is 0.231. The Morgan fingerprint density at radius 3 is 2.76 bits per heavy atom. The fraction of sp³-hybridized carbons (Fsp3) is 0.217. The van der Waals surface area contributed by atoms with Gasteiger partial charge in [-0.2, -0.15) is 0 Å². The summed E-state index contributed by atoms with van der Waals surface area (Å²) in [6.45, 7) is 0.874. The normalized spacial score (nSPS) is 12.8. The molecule has 29 heavy (non-hydrogen) atoms. The molecule has 0 bridgehead atoms. The van der Waals surface area contributed by atoms with Gasteiger partial charge in [0.25, 0.3) is 5.91 Å². The highest BCUT2D eigenvalue weighted by Crippen LogP contribution is 2.33. The van der Waals surface area contributed by atoms with Crippen LogP contribution < -0.4 is 19.7 Å². The van der Waals surface area contributed by atoms with Gasteiger partial charge < -0.3 is 19.7 Å². The van der Waals surface area contributed by atoms with Gasteiger partial charge in [-0.1, -0.05) is 18.2 Å². The Bertz CT molecular complexity index is 1040. The molecular weight excluding hydrogens is 366 g/mol. The van der Waals surface area contributed by atoms with Crippen molar-refractivity contribution in [1.29, 1.82) is 0 Å². The number of rotatable bonds is 5. The molecule has 6 heteroatoms. The molecule has 0 saturated carbocycles. The molecule has 0 aliphatic carbocycles. The summed E-state index contributed by atoms with van der Waals surface area (Å²) in [7, 11) is 3.15. The molecule has 1 aliphatic heterocycles. The van der Waals surface area contributed by atoms with E-state index in [1.807, 2.05) is 12.1 Å². The van der Waals surface area contributed by atoms with Gasteiger partial charge >= 0.3 is 0 Å². The molecule has 6 nitrogen and oxygen atoms in total. The predicted octanol–water partition coefficient (Wildman–Crippen LogP) is 4.44. The van der Waals surface area contributed by atoms with E-state index in [1.165, 1.54) is 5.56 Å². The first kappa shape index (κ1) is 18.8. The number of fused-ring (bicyclic) bond motifs is 1. The van der Waals surface area contributed by atoms with Crippen LogP contribution in [0.2, 0.25) is 0 Å². The van der Waals surface area contributed by atoms with E-state index in [-0.39, 0.29) is 5.91 Å². The van der Waals surface area contributed by atoms with Crippen molar-refractivity contribution in [2.45, 2.75) is 12.8 Å². The first-order valence-electron chi connectivity index (χ1n) is 9.54. The molecule has 0 atom stereocenters. The number of carbonyl (C=O) groups excluding carboxylic acids is 1. The van der Waals surface area contributed by atoms with Gasteiger partial charge in [0.05, 0.1) is 19.9 Å². The quantitative estimate of drug-likeness (QED) is 0.699. The van der Waals surface area contributed by atoms with Crippen molar-refractivity contribution in [3.63, 3.8) is 0 Å². The number of nitrogens with one attached hydrogen (secondary N) is 1. The zero-order chi connectivity index (χ0) is 20.2. The molecule has 0 spiro atoms. The summed E-state index contributed by atoms with van der Waals surface area (Å²) in [6, 6.07) is 17.1. The Kier molecular flexibility index (Phi) is 5.33. The third-order valence-electron chi connectivity index (χ3n) is 5.05. The van der Waals surface area contributed by atoms with Crippen LogP contribution in [0.4, 0.5) is 17.2 Å². The number of carbonyl (C=O) groups is 1. The van der Waals surface area contributed by atoms with E-state index in [0.717, 1.165) is 30.9 Å². The van der Waals surface area contributed by atoms with Crippen LogP contribution in [-0.4, -0.2) is 31.7 Å².